The Balaban J connectivity index is 1.34. The summed E-state index contributed by atoms with van der Waals surface area (Å²) in [6.07, 6.45) is 9.07. The van der Waals surface area contributed by atoms with Crippen molar-refractivity contribution in [2.24, 2.45) is 29.6 Å². The number of nitrogens with zero attached hydrogens (tertiary/aromatic N) is 1. The maximum absolute atomic E-state index is 13.6. The minimum absolute atomic E-state index is 0.0679. The predicted octanol–water partition coefficient (Wildman–Crippen LogP) is 5.63. The maximum Gasteiger partial charge on any atom is 0.407 e. The molecule has 7 heteroatoms. The van der Waals surface area contributed by atoms with Crippen molar-refractivity contribution >= 4 is 18.1 Å². The summed E-state index contributed by atoms with van der Waals surface area (Å²) in [4.78, 5) is 29.2. The lowest BCUT2D eigenvalue weighted by atomic mass is 9.57. The highest BCUT2D eigenvalue weighted by Gasteiger charge is 2.54. The van der Waals surface area contributed by atoms with E-state index in [9.17, 15) is 14.0 Å². The van der Waals surface area contributed by atoms with Crippen LogP contribution in [0.5, 0.6) is 0 Å². The maximum atomic E-state index is 13.6. The second-order valence-electron chi connectivity index (χ2n) is 10.3. The van der Waals surface area contributed by atoms with E-state index in [4.69, 9.17) is 9.47 Å². The molecule has 2 heterocycles. The number of hydrogen-bond donors (Lipinski definition) is 1. The minimum atomic E-state index is -0.368. The third-order valence-corrected chi connectivity index (χ3v) is 8.18. The zero-order valence-corrected chi connectivity index (χ0v) is 20.7. The van der Waals surface area contributed by atoms with Crippen LogP contribution in [0.25, 0.3) is 17.2 Å². The van der Waals surface area contributed by atoms with E-state index in [1.165, 1.54) is 12.1 Å². The van der Waals surface area contributed by atoms with Crippen molar-refractivity contribution < 1.29 is 23.5 Å². The fourth-order valence-corrected chi connectivity index (χ4v) is 6.64. The first-order valence-electron chi connectivity index (χ1n) is 13.0. The van der Waals surface area contributed by atoms with Crippen LogP contribution in [-0.4, -0.2) is 35.8 Å². The van der Waals surface area contributed by atoms with Gasteiger partial charge in [-0.3, -0.25) is 9.78 Å². The summed E-state index contributed by atoms with van der Waals surface area (Å²) in [5, 5.41) is 3.00. The number of pyridine rings is 1. The van der Waals surface area contributed by atoms with E-state index in [0.29, 0.717) is 18.4 Å². The molecule has 2 aliphatic carbocycles. The van der Waals surface area contributed by atoms with Gasteiger partial charge in [-0.15, -0.1) is 0 Å². The number of hydrogen-bond acceptors (Lipinski definition) is 5. The first kappa shape index (κ1) is 24.5. The van der Waals surface area contributed by atoms with Crippen LogP contribution in [0.4, 0.5) is 9.18 Å². The molecule has 3 fully saturated rings. The van der Waals surface area contributed by atoms with Gasteiger partial charge in [0.25, 0.3) is 0 Å². The molecule has 1 saturated heterocycles. The second kappa shape index (κ2) is 10.4. The number of aromatic nitrogens is 1. The van der Waals surface area contributed by atoms with Gasteiger partial charge in [-0.1, -0.05) is 24.3 Å². The van der Waals surface area contributed by atoms with Gasteiger partial charge >= 0.3 is 12.1 Å². The molecule has 0 radical (unpaired) electrons. The van der Waals surface area contributed by atoms with Gasteiger partial charge < -0.3 is 14.8 Å². The third kappa shape index (κ3) is 5.01. The highest BCUT2D eigenvalue weighted by atomic mass is 19.1. The number of alkyl carbamates (subject to hydrolysis) is 1. The van der Waals surface area contributed by atoms with E-state index in [-0.39, 0.29) is 47.8 Å². The average Bonchev–Trinajstić information content (AvgIpc) is 3.15. The van der Waals surface area contributed by atoms with Gasteiger partial charge in [-0.2, -0.15) is 0 Å². The summed E-state index contributed by atoms with van der Waals surface area (Å²) in [6.45, 7) is 4.15. The number of carbonyl (C=O) groups is 2. The van der Waals surface area contributed by atoms with Crippen LogP contribution in [0.3, 0.4) is 0 Å². The Hall–Kier alpha value is -3.22. The van der Waals surface area contributed by atoms with Crippen molar-refractivity contribution in [2.45, 2.75) is 51.7 Å². The molecule has 1 aromatic heterocycles. The van der Waals surface area contributed by atoms with E-state index >= 15 is 0 Å². The van der Waals surface area contributed by atoms with Crippen LogP contribution in [-0.2, 0) is 14.3 Å². The van der Waals surface area contributed by atoms with E-state index in [1.54, 1.807) is 19.2 Å². The molecule has 36 heavy (non-hydrogen) atoms. The molecule has 0 spiro atoms. The minimum Gasteiger partial charge on any atom is -0.462 e. The van der Waals surface area contributed by atoms with E-state index in [0.717, 1.165) is 42.5 Å². The van der Waals surface area contributed by atoms with Crippen LogP contribution in [0.2, 0.25) is 0 Å². The Morgan fingerprint density at radius 2 is 2.08 bits per heavy atom. The smallest absolute Gasteiger partial charge is 0.407 e. The number of ether oxygens (including phenoxy) is 2. The van der Waals surface area contributed by atoms with E-state index in [2.05, 4.69) is 16.4 Å². The number of carbonyl (C=O) groups excluding carboxylic acids is 2. The second-order valence-corrected chi connectivity index (χ2v) is 10.3. The highest BCUT2D eigenvalue weighted by Crippen LogP contribution is 2.53. The lowest BCUT2D eigenvalue weighted by molar-refractivity contribution is -0.144. The Bertz CT molecular complexity index is 1130. The summed E-state index contributed by atoms with van der Waals surface area (Å²) < 4.78 is 24.3. The number of rotatable bonds is 5. The van der Waals surface area contributed by atoms with Crippen LogP contribution >= 0.6 is 0 Å². The van der Waals surface area contributed by atoms with Gasteiger partial charge in [0.15, 0.2) is 0 Å². The third-order valence-electron chi connectivity index (χ3n) is 8.18. The number of esters is 1. The highest BCUT2D eigenvalue weighted by molar-refractivity contribution is 5.75. The largest absolute Gasteiger partial charge is 0.462 e. The summed E-state index contributed by atoms with van der Waals surface area (Å²) in [5.74, 6) is 0.629. The lowest BCUT2D eigenvalue weighted by Gasteiger charge is -2.47. The van der Waals surface area contributed by atoms with Crippen LogP contribution < -0.4 is 5.32 Å². The molecule has 1 N–H and O–H groups in total. The molecule has 1 amide bonds. The fourth-order valence-electron chi connectivity index (χ4n) is 6.64. The number of halogens is 1. The summed E-state index contributed by atoms with van der Waals surface area (Å²) >= 11 is 0. The first-order chi connectivity index (χ1) is 17.4. The van der Waals surface area contributed by atoms with Crippen LogP contribution in [0.1, 0.15) is 45.2 Å². The van der Waals surface area contributed by atoms with Crippen LogP contribution in [0, 0.1) is 35.4 Å². The van der Waals surface area contributed by atoms with E-state index in [1.807, 2.05) is 31.2 Å². The Morgan fingerprint density at radius 3 is 2.83 bits per heavy atom. The fraction of sp³-hybridized carbons (Fsp3) is 0.483. The monoisotopic (exact) mass is 492 g/mol. The molecule has 3 aliphatic rings. The standard InChI is InChI=1S/C29H33FN2O4/c1-3-35-29(34)32-23-10-11-24-20(14-23)15-26-27(17(2)36-28(26)33)25(24)12-9-22-8-7-19(16-31-22)18-5-4-6-21(30)13-18/h4-9,12-13,16-17,20,23-27H,3,10-11,14-15H2,1-2H3,(H,32,34)/b12-9+/t17-,20+,23-,24-,25-,26+,27-/m1/s1. The molecule has 0 unspecified atom stereocenters. The van der Waals surface area contributed by atoms with Gasteiger partial charge in [0, 0.05) is 23.7 Å². The average molecular weight is 493 g/mol. The molecule has 0 bridgehead atoms. The number of cyclic esters (lactones) is 1. The van der Waals surface area contributed by atoms with Crippen molar-refractivity contribution in [3.05, 3.63) is 60.2 Å². The van der Waals surface area contributed by atoms with Crippen molar-refractivity contribution in [1.29, 1.82) is 0 Å². The molecule has 5 rings (SSSR count). The number of nitrogens with one attached hydrogen (secondary N) is 1. The van der Waals surface area contributed by atoms with Crippen molar-refractivity contribution in [1.82, 2.24) is 10.3 Å². The SMILES string of the molecule is CCOC(=O)N[C@@H]1CC[C@@H]2[C@@H](C1)C[C@@H]1C(=O)O[C@H](C)[C@@H]1[C@@H]2/C=C/c1ccc(-c2cccc(F)c2)cn1. The Labute approximate surface area is 211 Å². The lowest BCUT2D eigenvalue weighted by Crippen LogP contribution is -2.48. The van der Waals surface area contributed by atoms with Crippen molar-refractivity contribution in [2.75, 3.05) is 6.61 Å². The van der Waals surface area contributed by atoms with Gasteiger partial charge in [0.05, 0.1) is 18.2 Å². The first-order valence-corrected chi connectivity index (χ1v) is 13.0. The summed E-state index contributed by atoms with van der Waals surface area (Å²) in [6, 6.07) is 10.4. The predicted molar refractivity (Wildman–Crippen MR) is 134 cm³/mol. The van der Waals surface area contributed by atoms with E-state index < -0.39 is 0 Å². The zero-order chi connectivity index (χ0) is 25.2. The van der Waals surface area contributed by atoms with Gasteiger partial charge in [-0.25, -0.2) is 9.18 Å². The summed E-state index contributed by atoms with van der Waals surface area (Å²) in [7, 11) is 0. The normalized spacial score (nSPS) is 31.4. The summed E-state index contributed by atoms with van der Waals surface area (Å²) in [5.41, 5.74) is 2.48. The van der Waals surface area contributed by atoms with Gasteiger partial charge in [0.1, 0.15) is 11.9 Å². The van der Waals surface area contributed by atoms with Crippen molar-refractivity contribution in [3.8, 4) is 11.1 Å². The molecule has 190 valence electrons. The number of benzene rings is 1. The van der Waals surface area contributed by atoms with Gasteiger partial charge in [-0.05, 0) is 87.1 Å². The number of fused-ring (bicyclic) bond motifs is 2. The van der Waals surface area contributed by atoms with Crippen LogP contribution in [0.15, 0.2) is 48.7 Å². The Kier molecular flexibility index (Phi) is 7.08. The topological polar surface area (TPSA) is 77.5 Å². The molecule has 6 nitrogen and oxygen atoms in total. The Morgan fingerprint density at radius 1 is 1.22 bits per heavy atom. The number of allylic oxidation sites excluding steroid dienone is 1. The number of amides is 1. The molecular formula is C29H33FN2O4. The molecule has 1 aliphatic heterocycles. The molecule has 2 saturated carbocycles. The molecular weight excluding hydrogens is 459 g/mol. The quantitative estimate of drug-likeness (QED) is 0.548. The molecule has 2 aromatic rings. The zero-order valence-electron chi connectivity index (χ0n) is 20.7. The van der Waals surface area contributed by atoms with Gasteiger partial charge in [0.2, 0.25) is 0 Å². The van der Waals surface area contributed by atoms with Crippen molar-refractivity contribution in [3.63, 3.8) is 0 Å². The molecule has 1 aromatic carbocycles. The molecule has 7 atom stereocenters.